The van der Waals surface area contributed by atoms with E-state index in [1.165, 1.54) is 17.0 Å². The van der Waals surface area contributed by atoms with Gasteiger partial charge in [-0.2, -0.15) is 5.26 Å². The lowest BCUT2D eigenvalue weighted by molar-refractivity contribution is -0.385. The van der Waals surface area contributed by atoms with Crippen LogP contribution in [0.2, 0.25) is 0 Å². The first-order valence-electron chi connectivity index (χ1n) is 5.99. The smallest absolute Gasteiger partial charge is 0.289 e. The standard InChI is InChI=1S/C14H13N3O2S/c1-10(14-4-3-7-20-14)16(2)12-6-5-11(9-15)13(8-12)17(18)19/h3-8,10H,1-2H3. The average molecular weight is 287 g/mol. The molecule has 0 fully saturated rings. The van der Waals surface area contributed by atoms with Gasteiger partial charge in [-0.1, -0.05) is 6.07 Å². The normalized spacial score (nSPS) is 11.7. The van der Waals surface area contributed by atoms with Crippen LogP contribution in [0.15, 0.2) is 35.7 Å². The van der Waals surface area contributed by atoms with Gasteiger partial charge in [-0.3, -0.25) is 10.1 Å². The second-order valence-electron chi connectivity index (χ2n) is 4.37. The molecule has 0 spiro atoms. The van der Waals surface area contributed by atoms with E-state index in [1.54, 1.807) is 17.4 Å². The molecule has 1 aromatic heterocycles. The van der Waals surface area contributed by atoms with E-state index in [4.69, 9.17) is 5.26 Å². The number of anilines is 1. The number of nitrogens with zero attached hydrogens (tertiary/aromatic N) is 3. The Morgan fingerprint density at radius 2 is 2.20 bits per heavy atom. The third-order valence-corrected chi connectivity index (χ3v) is 4.28. The third kappa shape index (κ3) is 2.63. The summed E-state index contributed by atoms with van der Waals surface area (Å²) in [4.78, 5) is 13.6. The molecule has 0 N–H and O–H groups in total. The van der Waals surface area contributed by atoms with Gasteiger partial charge in [0.05, 0.1) is 11.0 Å². The van der Waals surface area contributed by atoms with Crippen molar-refractivity contribution in [3.05, 3.63) is 56.3 Å². The van der Waals surface area contributed by atoms with Crippen molar-refractivity contribution in [3.63, 3.8) is 0 Å². The quantitative estimate of drug-likeness (QED) is 0.634. The highest BCUT2D eigenvalue weighted by Crippen LogP contribution is 2.31. The van der Waals surface area contributed by atoms with Gasteiger partial charge in [0, 0.05) is 23.7 Å². The molecule has 2 rings (SSSR count). The van der Waals surface area contributed by atoms with Gasteiger partial charge in [0.25, 0.3) is 5.69 Å². The summed E-state index contributed by atoms with van der Waals surface area (Å²) in [6.45, 7) is 2.04. The van der Waals surface area contributed by atoms with Gasteiger partial charge in [0.15, 0.2) is 0 Å². The first-order chi connectivity index (χ1) is 9.54. The fourth-order valence-electron chi connectivity index (χ4n) is 1.93. The van der Waals surface area contributed by atoms with E-state index >= 15 is 0 Å². The van der Waals surface area contributed by atoms with E-state index in [-0.39, 0.29) is 17.3 Å². The van der Waals surface area contributed by atoms with Crippen LogP contribution in [0.25, 0.3) is 0 Å². The number of rotatable bonds is 4. The van der Waals surface area contributed by atoms with Crippen LogP contribution in [-0.4, -0.2) is 12.0 Å². The highest BCUT2D eigenvalue weighted by atomic mass is 32.1. The number of nitro groups is 1. The first-order valence-corrected chi connectivity index (χ1v) is 6.87. The minimum absolute atomic E-state index is 0.0796. The van der Waals surface area contributed by atoms with Crippen molar-refractivity contribution in [2.75, 3.05) is 11.9 Å². The van der Waals surface area contributed by atoms with Crippen molar-refractivity contribution in [3.8, 4) is 6.07 Å². The van der Waals surface area contributed by atoms with Crippen LogP contribution in [0.3, 0.4) is 0 Å². The van der Waals surface area contributed by atoms with Crippen LogP contribution in [0.5, 0.6) is 0 Å². The fraction of sp³-hybridized carbons (Fsp3) is 0.214. The summed E-state index contributed by atoms with van der Waals surface area (Å²) in [5, 5.41) is 21.9. The molecule has 0 radical (unpaired) electrons. The summed E-state index contributed by atoms with van der Waals surface area (Å²) in [5.74, 6) is 0. The Morgan fingerprint density at radius 1 is 1.45 bits per heavy atom. The maximum Gasteiger partial charge on any atom is 0.289 e. The van der Waals surface area contributed by atoms with Crippen LogP contribution in [0.4, 0.5) is 11.4 Å². The zero-order chi connectivity index (χ0) is 14.7. The van der Waals surface area contributed by atoms with Gasteiger partial charge in [0.1, 0.15) is 11.6 Å². The number of hydrogen-bond acceptors (Lipinski definition) is 5. The van der Waals surface area contributed by atoms with Crippen LogP contribution in [-0.2, 0) is 0 Å². The summed E-state index contributed by atoms with van der Waals surface area (Å²) in [5.41, 5.74) is 0.641. The Labute approximate surface area is 120 Å². The molecule has 0 saturated heterocycles. The van der Waals surface area contributed by atoms with Gasteiger partial charge in [-0.25, -0.2) is 0 Å². The molecule has 0 aliphatic carbocycles. The predicted octanol–water partition coefficient (Wildman–Crippen LogP) is 3.73. The number of nitriles is 1. The number of thiophene rings is 1. The summed E-state index contributed by atoms with van der Waals surface area (Å²) in [7, 11) is 1.88. The lowest BCUT2D eigenvalue weighted by Gasteiger charge is -2.26. The molecule has 0 aliphatic heterocycles. The molecule has 2 aromatic rings. The molecule has 0 amide bonds. The van der Waals surface area contributed by atoms with Crippen LogP contribution in [0.1, 0.15) is 23.4 Å². The zero-order valence-electron chi connectivity index (χ0n) is 11.1. The topological polar surface area (TPSA) is 70.2 Å². The molecule has 0 saturated carbocycles. The molecule has 6 heteroatoms. The van der Waals surface area contributed by atoms with Crippen molar-refractivity contribution < 1.29 is 4.92 Å². The fourth-order valence-corrected chi connectivity index (χ4v) is 2.75. The molecule has 1 aromatic carbocycles. The van der Waals surface area contributed by atoms with E-state index in [2.05, 4.69) is 0 Å². The maximum absolute atomic E-state index is 11.0. The molecular formula is C14H13N3O2S. The van der Waals surface area contributed by atoms with Gasteiger partial charge in [0.2, 0.25) is 0 Å². The molecular weight excluding hydrogens is 274 g/mol. The van der Waals surface area contributed by atoms with E-state index < -0.39 is 4.92 Å². The first kappa shape index (κ1) is 14.0. The zero-order valence-corrected chi connectivity index (χ0v) is 11.9. The molecule has 5 nitrogen and oxygen atoms in total. The summed E-state index contributed by atoms with van der Waals surface area (Å²) >= 11 is 1.64. The Morgan fingerprint density at radius 3 is 2.75 bits per heavy atom. The van der Waals surface area contributed by atoms with Crippen LogP contribution in [0, 0.1) is 21.4 Å². The van der Waals surface area contributed by atoms with E-state index in [1.807, 2.05) is 42.5 Å². The lowest BCUT2D eigenvalue weighted by Crippen LogP contribution is -2.20. The number of hydrogen-bond donors (Lipinski definition) is 0. The molecule has 0 bridgehead atoms. The van der Waals surface area contributed by atoms with E-state index in [9.17, 15) is 10.1 Å². The van der Waals surface area contributed by atoms with E-state index in [0.717, 1.165) is 5.69 Å². The van der Waals surface area contributed by atoms with Gasteiger partial charge in [-0.05, 0) is 30.5 Å². The molecule has 102 valence electrons. The second kappa shape index (κ2) is 5.72. The third-order valence-electron chi connectivity index (χ3n) is 3.24. The molecule has 1 heterocycles. The van der Waals surface area contributed by atoms with Gasteiger partial charge >= 0.3 is 0 Å². The largest absolute Gasteiger partial charge is 0.367 e. The predicted molar refractivity (Wildman–Crippen MR) is 78.9 cm³/mol. The summed E-state index contributed by atoms with van der Waals surface area (Å²) in [6.07, 6.45) is 0. The Kier molecular flexibility index (Phi) is 4.01. The Hall–Kier alpha value is -2.39. The maximum atomic E-state index is 11.0. The van der Waals surface area contributed by atoms with Crippen molar-refractivity contribution >= 4 is 22.7 Å². The van der Waals surface area contributed by atoms with Gasteiger partial charge < -0.3 is 4.90 Å². The van der Waals surface area contributed by atoms with Crippen molar-refractivity contribution in [2.45, 2.75) is 13.0 Å². The van der Waals surface area contributed by atoms with Crippen LogP contribution < -0.4 is 4.90 Å². The number of benzene rings is 1. The minimum atomic E-state index is -0.522. The highest BCUT2D eigenvalue weighted by molar-refractivity contribution is 7.10. The van der Waals surface area contributed by atoms with Gasteiger partial charge in [-0.15, -0.1) is 11.3 Å². The molecule has 20 heavy (non-hydrogen) atoms. The summed E-state index contributed by atoms with van der Waals surface area (Å²) in [6, 6.07) is 10.6. The monoisotopic (exact) mass is 287 g/mol. The highest BCUT2D eigenvalue weighted by Gasteiger charge is 2.19. The van der Waals surface area contributed by atoms with Crippen LogP contribution >= 0.6 is 11.3 Å². The SMILES string of the molecule is CC(c1cccs1)N(C)c1ccc(C#N)c([N+](=O)[O-])c1. The average Bonchev–Trinajstić information content (AvgIpc) is 2.99. The lowest BCUT2D eigenvalue weighted by atomic mass is 10.1. The second-order valence-corrected chi connectivity index (χ2v) is 5.35. The van der Waals surface area contributed by atoms with E-state index in [0.29, 0.717) is 0 Å². The number of nitro benzene ring substituents is 1. The summed E-state index contributed by atoms with van der Waals surface area (Å²) < 4.78 is 0. The van der Waals surface area contributed by atoms with Crippen molar-refractivity contribution in [1.29, 1.82) is 5.26 Å². The Bertz CT molecular complexity index is 662. The molecule has 1 unspecified atom stereocenters. The molecule has 0 aliphatic rings. The molecule has 1 atom stereocenters. The minimum Gasteiger partial charge on any atom is -0.367 e. The van der Waals surface area contributed by atoms with Crippen molar-refractivity contribution in [1.82, 2.24) is 0 Å². The van der Waals surface area contributed by atoms with Crippen molar-refractivity contribution in [2.24, 2.45) is 0 Å². The Balaban J connectivity index is 2.36.